The molecule has 1 aromatic heterocycles. The van der Waals surface area contributed by atoms with Crippen molar-refractivity contribution in [2.45, 2.75) is 0 Å². The fourth-order valence-electron chi connectivity index (χ4n) is 3.07. The summed E-state index contributed by atoms with van der Waals surface area (Å²) < 4.78 is 1.79. The van der Waals surface area contributed by atoms with E-state index in [4.69, 9.17) is 23.8 Å². The zero-order valence-electron chi connectivity index (χ0n) is 14.9. The first-order chi connectivity index (χ1) is 13.9. The number of nitrogens with zero attached hydrogens (tertiary/aromatic N) is 2. The molecule has 6 nitrogen and oxygen atoms in total. The second kappa shape index (κ2) is 7.54. The predicted octanol–water partition coefficient (Wildman–Crippen LogP) is 4.09. The first kappa shape index (κ1) is 18.9. The van der Waals surface area contributed by atoms with Gasteiger partial charge < -0.3 is 15.0 Å². The summed E-state index contributed by atoms with van der Waals surface area (Å²) in [6.45, 7) is 0. The van der Waals surface area contributed by atoms with E-state index in [1.807, 2.05) is 12.1 Å². The highest BCUT2D eigenvalue weighted by molar-refractivity contribution is 7.80. The number of aromatic carboxylic acids is 1. The molecule has 4 rings (SSSR count). The third-order valence-electron chi connectivity index (χ3n) is 4.39. The number of carboxylic acids is 1. The van der Waals surface area contributed by atoms with Crippen LogP contribution >= 0.6 is 23.8 Å². The zero-order valence-corrected chi connectivity index (χ0v) is 16.4. The number of carboxylic acid groups (broad SMARTS) is 1. The SMILES string of the molecule is O=C(O)c1cccc(-n2cccc2/C=C2/NC(=S)N(c3cccc(Cl)c3)C2=O)c1. The van der Waals surface area contributed by atoms with Gasteiger partial charge in [-0.25, -0.2) is 4.79 Å². The lowest BCUT2D eigenvalue weighted by atomic mass is 10.2. The summed E-state index contributed by atoms with van der Waals surface area (Å²) in [6.07, 6.45) is 3.46. The van der Waals surface area contributed by atoms with Crippen molar-refractivity contribution in [3.63, 3.8) is 0 Å². The van der Waals surface area contributed by atoms with E-state index in [0.29, 0.717) is 27.8 Å². The maximum Gasteiger partial charge on any atom is 0.335 e. The van der Waals surface area contributed by atoms with E-state index in [2.05, 4.69) is 5.32 Å². The Morgan fingerprint density at radius 1 is 1.07 bits per heavy atom. The van der Waals surface area contributed by atoms with Gasteiger partial charge in [0.1, 0.15) is 5.70 Å². The number of anilines is 1. The number of carbonyl (C=O) groups is 2. The maximum absolute atomic E-state index is 12.9. The number of carbonyl (C=O) groups excluding carboxylic acids is 1. The third kappa shape index (κ3) is 3.65. The Hall–Kier alpha value is -3.42. The topological polar surface area (TPSA) is 74.6 Å². The van der Waals surface area contributed by atoms with Crippen LogP contribution in [0.4, 0.5) is 5.69 Å². The average Bonchev–Trinajstić information content (AvgIpc) is 3.26. The van der Waals surface area contributed by atoms with Crippen molar-refractivity contribution < 1.29 is 14.7 Å². The van der Waals surface area contributed by atoms with Gasteiger partial charge >= 0.3 is 5.97 Å². The van der Waals surface area contributed by atoms with Gasteiger partial charge in [0.05, 0.1) is 11.3 Å². The van der Waals surface area contributed by atoms with Gasteiger partial charge in [0, 0.05) is 22.6 Å². The van der Waals surface area contributed by atoms with E-state index in [1.165, 1.54) is 11.0 Å². The molecule has 144 valence electrons. The molecule has 8 heteroatoms. The Balaban J connectivity index is 1.69. The fraction of sp³-hybridized carbons (Fsp3) is 0. The molecule has 0 spiro atoms. The van der Waals surface area contributed by atoms with E-state index < -0.39 is 5.97 Å². The summed E-state index contributed by atoms with van der Waals surface area (Å²) in [4.78, 5) is 25.6. The molecule has 1 aliphatic rings. The normalized spacial score (nSPS) is 15.1. The van der Waals surface area contributed by atoms with E-state index in [9.17, 15) is 14.7 Å². The number of benzene rings is 2. The molecule has 2 aromatic carbocycles. The monoisotopic (exact) mass is 423 g/mol. The molecule has 2 heterocycles. The van der Waals surface area contributed by atoms with Gasteiger partial charge in [0.2, 0.25) is 0 Å². The van der Waals surface area contributed by atoms with E-state index in [1.54, 1.807) is 59.3 Å². The quantitative estimate of drug-likeness (QED) is 0.488. The number of nitrogens with one attached hydrogen (secondary N) is 1. The summed E-state index contributed by atoms with van der Waals surface area (Å²) in [5.41, 5.74) is 2.43. The van der Waals surface area contributed by atoms with Crippen LogP contribution in [0.3, 0.4) is 0 Å². The molecule has 1 amide bonds. The molecule has 1 saturated heterocycles. The van der Waals surface area contributed by atoms with Crippen molar-refractivity contribution in [2.24, 2.45) is 0 Å². The predicted molar refractivity (Wildman–Crippen MR) is 115 cm³/mol. The first-order valence-corrected chi connectivity index (χ1v) is 9.36. The highest BCUT2D eigenvalue weighted by atomic mass is 35.5. The molecule has 29 heavy (non-hydrogen) atoms. The van der Waals surface area contributed by atoms with Gasteiger partial charge in [0.25, 0.3) is 5.91 Å². The minimum Gasteiger partial charge on any atom is -0.478 e. The molecular weight excluding hydrogens is 410 g/mol. The fourth-order valence-corrected chi connectivity index (χ4v) is 3.55. The van der Waals surface area contributed by atoms with Crippen LogP contribution in [0.5, 0.6) is 0 Å². The molecule has 0 unspecified atom stereocenters. The minimum atomic E-state index is -1.01. The molecule has 0 radical (unpaired) electrons. The Labute approximate surface area is 176 Å². The van der Waals surface area contributed by atoms with Crippen LogP contribution in [-0.2, 0) is 4.79 Å². The number of hydrogen-bond acceptors (Lipinski definition) is 3. The van der Waals surface area contributed by atoms with Gasteiger partial charge in [-0.15, -0.1) is 0 Å². The Morgan fingerprint density at radius 3 is 2.59 bits per heavy atom. The lowest BCUT2D eigenvalue weighted by Gasteiger charge is -2.14. The first-order valence-electron chi connectivity index (χ1n) is 8.58. The van der Waals surface area contributed by atoms with Crippen molar-refractivity contribution in [1.29, 1.82) is 0 Å². The highest BCUT2D eigenvalue weighted by Gasteiger charge is 2.32. The van der Waals surface area contributed by atoms with Crippen LogP contribution in [0.1, 0.15) is 16.1 Å². The maximum atomic E-state index is 12.9. The van der Waals surface area contributed by atoms with Gasteiger partial charge in [0.15, 0.2) is 5.11 Å². The van der Waals surface area contributed by atoms with Crippen molar-refractivity contribution in [3.05, 3.63) is 88.8 Å². The van der Waals surface area contributed by atoms with Gasteiger partial charge in [-0.3, -0.25) is 9.69 Å². The number of halogens is 1. The summed E-state index contributed by atoms with van der Waals surface area (Å²) >= 11 is 11.4. The molecule has 0 bridgehead atoms. The molecule has 0 saturated carbocycles. The minimum absolute atomic E-state index is 0.179. The molecule has 2 N–H and O–H groups in total. The number of amides is 1. The molecule has 3 aromatic rings. The van der Waals surface area contributed by atoms with Crippen molar-refractivity contribution >= 4 is 52.6 Å². The zero-order chi connectivity index (χ0) is 20.5. The van der Waals surface area contributed by atoms with Gasteiger partial charge in [-0.1, -0.05) is 23.7 Å². The lowest BCUT2D eigenvalue weighted by Crippen LogP contribution is -2.30. The second-order valence-corrected chi connectivity index (χ2v) is 7.09. The van der Waals surface area contributed by atoms with E-state index in [-0.39, 0.29) is 16.6 Å². The number of thiocarbonyl (C=S) groups is 1. The Bertz CT molecular complexity index is 1190. The molecule has 1 fully saturated rings. The standard InChI is InChI=1S/C21H14ClN3O3S/c22-14-5-2-7-17(11-14)25-19(26)18(23-21(25)29)12-16-8-3-9-24(16)15-6-1-4-13(10-15)20(27)28/h1-12H,(H,23,29)(H,27,28)/b18-12+. The average molecular weight is 424 g/mol. The smallest absolute Gasteiger partial charge is 0.335 e. The summed E-state index contributed by atoms with van der Waals surface area (Å²) in [7, 11) is 0. The van der Waals surface area contributed by atoms with Crippen LogP contribution in [0, 0.1) is 0 Å². The van der Waals surface area contributed by atoms with Crippen LogP contribution in [-0.4, -0.2) is 26.7 Å². The van der Waals surface area contributed by atoms with E-state index in [0.717, 1.165) is 0 Å². The molecule has 0 atom stereocenters. The number of hydrogen-bond donors (Lipinski definition) is 2. The van der Waals surface area contributed by atoms with Gasteiger partial charge in [-0.2, -0.15) is 0 Å². The van der Waals surface area contributed by atoms with Gasteiger partial charge in [-0.05, 0) is 66.8 Å². The van der Waals surface area contributed by atoms with E-state index >= 15 is 0 Å². The molecule has 0 aliphatic carbocycles. The molecule has 1 aliphatic heterocycles. The highest BCUT2D eigenvalue weighted by Crippen LogP contribution is 2.25. The van der Waals surface area contributed by atoms with Crippen molar-refractivity contribution in [2.75, 3.05) is 4.90 Å². The largest absolute Gasteiger partial charge is 0.478 e. The number of rotatable bonds is 4. The van der Waals surface area contributed by atoms with Crippen LogP contribution in [0.15, 0.2) is 72.6 Å². The lowest BCUT2D eigenvalue weighted by molar-refractivity contribution is -0.113. The third-order valence-corrected chi connectivity index (χ3v) is 4.91. The van der Waals surface area contributed by atoms with Crippen molar-refractivity contribution in [3.8, 4) is 5.69 Å². The summed E-state index contributed by atoms with van der Waals surface area (Å²) in [5.74, 6) is -1.31. The Kier molecular flexibility index (Phi) is 4.92. The summed E-state index contributed by atoms with van der Waals surface area (Å²) in [6, 6.07) is 17.1. The van der Waals surface area contributed by atoms with Crippen LogP contribution in [0.25, 0.3) is 11.8 Å². The van der Waals surface area contributed by atoms with Crippen LogP contribution < -0.4 is 10.2 Å². The number of aromatic nitrogens is 1. The molecular formula is C21H14ClN3O3S. The second-order valence-electron chi connectivity index (χ2n) is 6.27. The summed E-state index contributed by atoms with van der Waals surface area (Å²) in [5, 5.41) is 12.9. The van der Waals surface area contributed by atoms with Crippen LogP contribution in [0.2, 0.25) is 5.02 Å². The van der Waals surface area contributed by atoms with Crippen molar-refractivity contribution in [1.82, 2.24) is 9.88 Å². The Morgan fingerprint density at radius 2 is 1.83 bits per heavy atom.